The number of hydrogen-bond donors (Lipinski definition) is 1. The summed E-state index contributed by atoms with van der Waals surface area (Å²) >= 11 is 0. The first-order valence-corrected chi connectivity index (χ1v) is 9.80. The molecule has 0 saturated carbocycles. The van der Waals surface area contributed by atoms with Crippen LogP contribution in [0.4, 0.5) is 20.2 Å². The molecule has 1 aliphatic heterocycles. The van der Waals surface area contributed by atoms with Crippen molar-refractivity contribution in [3.05, 3.63) is 77.8 Å². The van der Waals surface area contributed by atoms with E-state index < -0.39 is 26.6 Å². The molecule has 0 spiro atoms. The molecule has 0 saturated heterocycles. The van der Waals surface area contributed by atoms with Crippen molar-refractivity contribution in [1.82, 2.24) is 0 Å². The van der Waals surface area contributed by atoms with Gasteiger partial charge in [-0.05, 0) is 54.4 Å². The van der Waals surface area contributed by atoms with Crippen LogP contribution in [0.15, 0.2) is 64.1 Å². The summed E-state index contributed by atoms with van der Waals surface area (Å²) in [7, 11) is -4.35. The van der Waals surface area contributed by atoms with Gasteiger partial charge in [0.15, 0.2) is 5.76 Å². The summed E-state index contributed by atoms with van der Waals surface area (Å²) in [6.45, 7) is 0.420. The number of nitrogens with zero attached hydrogens (tertiary/aromatic N) is 1. The molecule has 6 nitrogen and oxygen atoms in total. The van der Waals surface area contributed by atoms with Crippen molar-refractivity contribution >= 4 is 27.3 Å². The average molecular weight is 404 g/mol. The highest BCUT2D eigenvalue weighted by molar-refractivity contribution is 7.92. The summed E-state index contributed by atoms with van der Waals surface area (Å²) in [4.78, 5) is 13.3. The monoisotopic (exact) mass is 404 g/mol. The molecule has 2 heterocycles. The predicted octanol–water partition coefficient (Wildman–Crippen LogP) is 3.56. The van der Waals surface area contributed by atoms with Gasteiger partial charge in [-0.3, -0.25) is 9.52 Å². The number of anilines is 2. The third kappa shape index (κ3) is 3.24. The van der Waals surface area contributed by atoms with E-state index in [-0.39, 0.29) is 17.4 Å². The second kappa shape index (κ2) is 6.75. The molecule has 1 aliphatic rings. The molecule has 144 valence electrons. The SMILES string of the molecule is O=C(c1ccco1)N1CCc2ccc(NS(=O)(=O)c3cc(F)ccc3F)cc21. The number of carbonyl (C=O) groups excluding carboxylic acids is 1. The second-order valence-electron chi connectivity index (χ2n) is 6.21. The molecule has 2 aromatic carbocycles. The highest BCUT2D eigenvalue weighted by atomic mass is 32.2. The zero-order valence-corrected chi connectivity index (χ0v) is 15.2. The van der Waals surface area contributed by atoms with Crippen LogP contribution >= 0.6 is 0 Å². The molecule has 0 atom stereocenters. The third-order valence-corrected chi connectivity index (χ3v) is 5.79. The van der Waals surface area contributed by atoms with E-state index in [0.717, 1.165) is 17.7 Å². The molecule has 0 fully saturated rings. The van der Waals surface area contributed by atoms with Crippen molar-refractivity contribution in [1.29, 1.82) is 0 Å². The first kappa shape index (κ1) is 18.2. The van der Waals surface area contributed by atoms with Gasteiger partial charge in [-0.2, -0.15) is 0 Å². The molecule has 28 heavy (non-hydrogen) atoms. The standard InChI is InChI=1S/C19H14F2N2O4S/c20-13-4-6-15(21)18(10-13)28(25,26)22-14-5-3-12-7-8-23(16(12)11-14)19(24)17-2-1-9-27-17/h1-6,9-11,22H,7-8H2. The van der Waals surface area contributed by atoms with Crippen LogP contribution in [0, 0.1) is 11.6 Å². The molecule has 1 N–H and O–H groups in total. The Bertz CT molecular complexity index is 1160. The maximum absolute atomic E-state index is 13.9. The first-order chi connectivity index (χ1) is 13.3. The molecule has 4 rings (SSSR count). The Kier molecular flexibility index (Phi) is 4.38. The number of sulfonamides is 1. The molecule has 9 heteroatoms. The van der Waals surface area contributed by atoms with Crippen LogP contribution in [-0.2, 0) is 16.4 Å². The topological polar surface area (TPSA) is 79.6 Å². The van der Waals surface area contributed by atoms with Crippen LogP contribution < -0.4 is 9.62 Å². The molecular formula is C19H14F2N2O4S. The van der Waals surface area contributed by atoms with Gasteiger partial charge >= 0.3 is 0 Å². The summed E-state index contributed by atoms with van der Waals surface area (Å²) in [5, 5.41) is 0. The maximum Gasteiger partial charge on any atom is 0.293 e. The Morgan fingerprint density at radius 1 is 1.11 bits per heavy atom. The fraction of sp³-hybridized carbons (Fsp3) is 0.105. The second-order valence-corrected chi connectivity index (χ2v) is 7.86. The van der Waals surface area contributed by atoms with E-state index in [4.69, 9.17) is 4.42 Å². The minimum Gasteiger partial charge on any atom is -0.459 e. The lowest BCUT2D eigenvalue weighted by molar-refractivity contribution is 0.0963. The van der Waals surface area contributed by atoms with Crippen molar-refractivity contribution in [2.45, 2.75) is 11.3 Å². The molecule has 0 radical (unpaired) electrons. The van der Waals surface area contributed by atoms with E-state index in [0.29, 0.717) is 24.7 Å². The van der Waals surface area contributed by atoms with Crippen molar-refractivity contribution in [2.75, 3.05) is 16.2 Å². The highest BCUT2D eigenvalue weighted by Gasteiger charge is 2.28. The van der Waals surface area contributed by atoms with E-state index in [1.807, 2.05) is 0 Å². The fourth-order valence-corrected chi connectivity index (χ4v) is 4.22. The quantitative estimate of drug-likeness (QED) is 0.721. The van der Waals surface area contributed by atoms with Gasteiger partial charge in [0.2, 0.25) is 0 Å². The van der Waals surface area contributed by atoms with Gasteiger partial charge in [-0.25, -0.2) is 17.2 Å². The zero-order valence-electron chi connectivity index (χ0n) is 14.4. The van der Waals surface area contributed by atoms with Gasteiger partial charge in [0, 0.05) is 12.2 Å². The minimum absolute atomic E-state index is 0.126. The summed E-state index contributed by atoms with van der Waals surface area (Å²) in [5.41, 5.74) is 1.52. The highest BCUT2D eigenvalue weighted by Crippen LogP contribution is 2.33. The lowest BCUT2D eigenvalue weighted by Gasteiger charge is -2.17. The largest absolute Gasteiger partial charge is 0.459 e. The number of halogens is 2. The number of hydrogen-bond acceptors (Lipinski definition) is 4. The molecule has 1 aromatic heterocycles. The van der Waals surface area contributed by atoms with Crippen LogP contribution in [0.1, 0.15) is 16.1 Å². The van der Waals surface area contributed by atoms with Gasteiger partial charge < -0.3 is 9.32 Å². The minimum atomic E-state index is -4.35. The Morgan fingerprint density at radius 2 is 1.93 bits per heavy atom. The Morgan fingerprint density at radius 3 is 2.68 bits per heavy atom. The Balaban J connectivity index is 1.65. The maximum atomic E-state index is 13.9. The van der Waals surface area contributed by atoms with Crippen molar-refractivity contribution in [2.24, 2.45) is 0 Å². The van der Waals surface area contributed by atoms with Gasteiger partial charge in [0.25, 0.3) is 15.9 Å². The van der Waals surface area contributed by atoms with Crippen LogP contribution in [-0.4, -0.2) is 20.9 Å². The summed E-state index contributed by atoms with van der Waals surface area (Å²) < 4.78 is 59.5. The van der Waals surface area contributed by atoms with Crippen LogP contribution in [0.3, 0.4) is 0 Å². The smallest absolute Gasteiger partial charge is 0.293 e. The van der Waals surface area contributed by atoms with Gasteiger partial charge in [0.05, 0.1) is 12.0 Å². The van der Waals surface area contributed by atoms with Crippen molar-refractivity contribution < 1.29 is 26.4 Å². The van der Waals surface area contributed by atoms with Crippen LogP contribution in [0.5, 0.6) is 0 Å². The third-order valence-electron chi connectivity index (χ3n) is 4.39. The van der Waals surface area contributed by atoms with E-state index in [2.05, 4.69) is 4.72 Å². The van der Waals surface area contributed by atoms with E-state index in [9.17, 15) is 22.0 Å². The number of amides is 1. The number of nitrogens with one attached hydrogen (secondary N) is 1. The Labute approximate surface area is 159 Å². The van der Waals surface area contributed by atoms with Crippen LogP contribution in [0.2, 0.25) is 0 Å². The molecule has 3 aromatic rings. The average Bonchev–Trinajstić information content (AvgIpc) is 3.32. The van der Waals surface area contributed by atoms with Gasteiger partial charge in [-0.1, -0.05) is 6.07 Å². The van der Waals surface area contributed by atoms with Gasteiger partial charge in [-0.15, -0.1) is 0 Å². The predicted molar refractivity (Wildman–Crippen MR) is 97.7 cm³/mol. The number of fused-ring (bicyclic) bond motifs is 1. The van der Waals surface area contributed by atoms with E-state index >= 15 is 0 Å². The summed E-state index contributed by atoms with van der Waals surface area (Å²) in [6, 6.07) is 10.0. The fourth-order valence-electron chi connectivity index (χ4n) is 3.08. The molecule has 0 unspecified atom stereocenters. The summed E-state index contributed by atoms with van der Waals surface area (Å²) in [6.07, 6.45) is 2.00. The van der Waals surface area contributed by atoms with Crippen molar-refractivity contribution in [3.8, 4) is 0 Å². The number of carbonyl (C=O) groups is 1. The number of furan rings is 1. The molecule has 1 amide bonds. The van der Waals surface area contributed by atoms with Crippen molar-refractivity contribution in [3.63, 3.8) is 0 Å². The normalized spacial score (nSPS) is 13.4. The lowest BCUT2D eigenvalue weighted by Crippen LogP contribution is -2.28. The van der Waals surface area contributed by atoms with Crippen LogP contribution in [0.25, 0.3) is 0 Å². The zero-order chi connectivity index (χ0) is 19.9. The molecule has 0 aliphatic carbocycles. The first-order valence-electron chi connectivity index (χ1n) is 8.31. The van der Waals surface area contributed by atoms with E-state index in [1.54, 1.807) is 18.2 Å². The Hall–Kier alpha value is -3.20. The molecule has 0 bridgehead atoms. The lowest BCUT2D eigenvalue weighted by atomic mass is 10.1. The molecular weight excluding hydrogens is 390 g/mol. The van der Waals surface area contributed by atoms with Gasteiger partial charge in [0.1, 0.15) is 16.5 Å². The number of benzene rings is 2. The summed E-state index contributed by atoms with van der Waals surface area (Å²) in [5.74, 6) is -2.11. The number of rotatable bonds is 4. The van der Waals surface area contributed by atoms with E-state index in [1.165, 1.54) is 23.3 Å².